The number of rotatable bonds is 8. The molecule has 2 heterocycles. The molecule has 0 aliphatic carbocycles. The van der Waals surface area contributed by atoms with Gasteiger partial charge in [0.15, 0.2) is 0 Å². The van der Waals surface area contributed by atoms with Crippen molar-refractivity contribution in [3.8, 4) is 0 Å². The van der Waals surface area contributed by atoms with Crippen molar-refractivity contribution in [3.63, 3.8) is 0 Å². The Morgan fingerprint density at radius 2 is 1.75 bits per heavy atom. The smallest absolute Gasteiger partial charge is 0.269 e. The number of nitrogens with zero attached hydrogens (tertiary/aromatic N) is 4. The number of hydrogen-bond acceptors (Lipinski definition) is 6. The SMILES string of the molecule is O=C(CCCNc1ccc([N+](=O)[O-])cc1)N1CCN(Cc2ccncc2)CC1. The maximum Gasteiger partial charge on any atom is 0.269 e. The highest BCUT2D eigenvalue weighted by molar-refractivity contribution is 5.76. The number of nitro benzene ring substituents is 1. The Hall–Kier alpha value is -3.00. The molecule has 1 N–H and O–H groups in total. The Morgan fingerprint density at radius 1 is 1.07 bits per heavy atom. The van der Waals surface area contributed by atoms with Crippen LogP contribution in [0.15, 0.2) is 48.8 Å². The summed E-state index contributed by atoms with van der Waals surface area (Å²) in [6, 6.07) is 10.4. The molecule has 1 aromatic heterocycles. The summed E-state index contributed by atoms with van der Waals surface area (Å²) in [7, 11) is 0. The lowest BCUT2D eigenvalue weighted by Crippen LogP contribution is -2.48. The summed E-state index contributed by atoms with van der Waals surface area (Å²) in [5, 5.41) is 13.8. The zero-order valence-corrected chi connectivity index (χ0v) is 15.8. The molecule has 3 rings (SSSR count). The van der Waals surface area contributed by atoms with Crippen LogP contribution in [0.25, 0.3) is 0 Å². The summed E-state index contributed by atoms with van der Waals surface area (Å²) in [4.78, 5) is 31.0. The number of nitro groups is 1. The molecule has 8 nitrogen and oxygen atoms in total. The second-order valence-corrected chi connectivity index (χ2v) is 6.85. The number of piperazine rings is 1. The standard InChI is InChI=1S/C20H25N5O3/c26-20(2-1-9-22-18-3-5-19(6-4-18)25(27)28)24-14-12-23(13-15-24)16-17-7-10-21-11-8-17/h3-8,10-11,22H,1-2,9,12-16H2. The van der Waals surface area contributed by atoms with Gasteiger partial charge in [-0.2, -0.15) is 0 Å². The first-order valence-corrected chi connectivity index (χ1v) is 9.49. The summed E-state index contributed by atoms with van der Waals surface area (Å²) in [6.07, 6.45) is 4.84. The van der Waals surface area contributed by atoms with E-state index in [1.807, 2.05) is 17.0 Å². The van der Waals surface area contributed by atoms with E-state index in [2.05, 4.69) is 15.2 Å². The van der Waals surface area contributed by atoms with Gasteiger partial charge in [-0.3, -0.25) is 24.8 Å². The summed E-state index contributed by atoms with van der Waals surface area (Å²) in [5.74, 6) is 0.189. The first kappa shape index (κ1) is 19.8. The van der Waals surface area contributed by atoms with Crippen LogP contribution in [0, 0.1) is 10.1 Å². The zero-order chi connectivity index (χ0) is 19.8. The highest BCUT2D eigenvalue weighted by Gasteiger charge is 2.20. The summed E-state index contributed by atoms with van der Waals surface area (Å²) < 4.78 is 0. The molecule has 0 unspecified atom stereocenters. The Kier molecular flexibility index (Phi) is 6.91. The fourth-order valence-electron chi connectivity index (χ4n) is 3.23. The van der Waals surface area contributed by atoms with E-state index < -0.39 is 4.92 Å². The molecule has 2 aromatic rings. The lowest BCUT2D eigenvalue weighted by Gasteiger charge is -2.34. The van der Waals surface area contributed by atoms with E-state index in [1.165, 1.54) is 17.7 Å². The van der Waals surface area contributed by atoms with Gasteiger partial charge in [0.25, 0.3) is 5.69 Å². The Morgan fingerprint density at radius 3 is 2.39 bits per heavy atom. The van der Waals surface area contributed by atoms with Gasteiger partial charge in [0, 0.05) is 75.9 Å². The minimum Gasteiger partial charge on any atom is -0.385 e. The lowest BCUT2D eigenvalue weighted by molar-refractivity contribution is -0.384. The van der Waals surface area contributed by atoms with E-state index in [1.54, 1.807) is 24.5 Å². The number of benzene rings is 1. The molecule has 1 amide bonds. The number of non-ortho nitro benzene ring substituents is 1. The molecule has 0 atom stereocenters. The number of anilines is 1. The highest BCUT2D eigenvalue weighted by Crippen LogP contribution is 2.15. The molecule has 0 spiro atoms. The maximum atomic E-state index is 12.4. The molecule has 0 saturated carbocycles. The van der Waals surface area contributed by atoms with Crippen molar-refractivity contribution in [2.24, 2.45) is 0 Å². The van der Waals surface area contributed by atoms with Gasteiger partial charge in [0.1, 0.15) is 0 Å². The Bertz CT molecular complexity index is 774. The number of carbonyl (C=O) groups is 1. The predicted molar refractivity (Wildman–Crippen MR) is 107 cm³/mol. The fraction of sp³-hybridized carbons (Fsp3) is 0.400. The van der Waals surface area contributed by atoms with Gasteiger partial charge in [-0.15, -0.1) is 0 Å². The maximum absolute atomic E-state index is 12.4. The fourth-order valence-corrected chi connectivity index (χ4v) is 3.23. The van der Waals surface area contributed by atoms with Gasteiger partial charge in [-0.25, -0.2) is 0 Å². The van der Waals surface area contributed by atoms with Crippen LogP contribution in [0.4, 0.5) is 11.4 Å². The first-order chi connectivity index (χ1) is 13.6. The van der Waals surface area contributed by atoms with Crippen molar-refractivity contribution >= 4 is 17.3 Å². The predicted octanol–water partition coefficient (Wildman–Crippen LogP) is 2.53. The van der Waals surface area contributed by atoms with Gasteiger partial charge in [-0.05, 0) is 36.2 Å². The summed E-state index contributed by atoms with van der Waals surface area (Å²) >= 11 is 0. The summed E-state index contributed by atoms with van der Waals surface area (Å²) in [5.41, 5.74) is 2.14. The number of carbonyl (C=O) groups excluding carboxylic acids is 1. The van der Waals surface area contributed by atoms with E-state index in [0.717, 1.165) is 44.8 Å². The third kappa shape index (κ3) is 5.75. The highest BCUT2D eigenvalue weighted by atomic mass is 16.6. The van der Waals surface area contributed by atoms with Crippen molar-refractivity contribution in [1.29, 1.82) is 0 Å². The third-order valence-electron chi connectivity index (χ3n) is 4.86. The normalized spacial score (nSPS) is 14.6. The van der Waals surface area contributed by atoms with Gasteiger partial charge in [0.2, 0.25) is 5.91 Å². The van der Waals surface area contributed by atoms with E-state index in [0.29, 0.717) is 13.0 Å². The number of amides is 1. The van der Waals surface area contributed by atoms with Crippen LogP contribution in [0.1, 0.15) is 18.4 Å². The van der Waals surface area contributed by atoms with Crippen molar-refractivity contribution in [1.82, 2.24) is 14.8 Å². The van der Waals surface area contributed by atoms with Crippen molar-refractivity contribution < 1.29 is 9.72 Å². The van der Waals surface area contributed by atoms with E-state index in [-0.39, 0.29) is 11.6 Å². The molecule has 0 bridgehead atoms. The molecule has 1 saturated heterocycles. The average Bonchev–Trinajstić information content (AvgIpc) is 2.72. The van der Waals surface area contributed by atoms with Crippen LogP contribution in [0.5, 0.6) is 0 Å². The summed E-state index contributed by atoms with van der Waals surface area (Å²) in [6.45, 7) is 4.85. The van der Waals surface area contributed by atoms with Crippen molar-refractivity contribution in [2.45, 2.75) is 19.4 Å². The second-order valence-electron chi connectivity index (χ2n) is 6.85. The van der Waals surface area contributed by atoms with E-state index >= 15 is 0 Å². The Balaban J connectivity index is 1.33. The molecule has 28 heavy (non-hydrogen) atoms. The lowest BCUT2D eigenvalue weighted by atomic mass is 10.2. The monoisotopic (exact) mass is 383 g/mol. The molecule has 1 aromatic carbocycles. The molecule has 8 heteroatoms. The average molecular weight is 383 g/mol. The minimum atomic E-state index is -0.417. The van der Waals surface area contributed by atoms with Crippen LogP contribution in [-0.2, 0) is 11.3 Å². The van der Waals surface area contributed by atoms with Crippen LogP contribution in [0.3, 0.4) is 0 Å². The minimum absolute atomic E-state index is 0.0730. The second kappa shape index (κ2) is 9.80. The van der Waals surface area contributed by atoms with E-state index in [4.69, 9.17) is 0 Å². The largest absolute Gasteiger partial charge is 0.385 e. The molecule has 1 aliphatic heterocycles. The van der Waals surface area contributed by atoms with Crippen molar-refractivity contribution in [3.05, 3.63) is 64.5 Å². The molecule has 1 aliphatic rings. The number of nitrogens with one attached hydrogen (secondary N) is 1. The quantitative estimate of drug-likeness (QED) is 0.428. The van der Waals surface area contributed by atoms with Crippen molar-refractivity contribution in [2.75, 3.05) is 38.0 Å². The van der Waals surface area contributed by atoms with Crippen LogP contribution >= 0.6 is 0 Å². The molecular formula is C20H25N5O3. The van der Waals surface area contributed by atoms with E-state index in [9.17, 15) is 14.9 Å². The van der Waals surface area contributed by atoms with Crippen LogP contribution < -0.4 is 5.32 Å². The number of hydrogen-bond donors (Lipinski definition) is 1. The van der Waals surface area contributed by atoms with Gasteiger partial charge in [-0.1, -0.05) is 0 Å². The van der Waals surface area contributed by atoms with Gasteiger partial charge < -0.3 is 10.2 Å². The third-order valence-corrected chi connectivity index (χ3v) is 4.86. The number of aromatic nitrogens is 1. The topological polar surface area (TPSA) is 91.6 Å². The zero-order valence-electron chi connectivity index (χ0n) is 15.8. The number of pyridine rings is 1. The molecule has 148 valence electrons. The molecular weight excluding hydrogens is 358 g/mol. The molecule has 1 fully saturated rings. The molecule has 0 radical (unpaired) electrons. The van der Waals surface area contributed by atoms with Crippen LogP contribution in [-0.4, -0.2) is 58.3 Å². The Labute approximate surface area is 164 Å². The van der Waals surface area contributed by atoms with Crippen LogP contribution in [0.2, 0.25) is 0 Å². The van der Waals surface area contributed by atoms with Gasteiger partial charge >= 0.3 is 0 Å². The first-order valence-electron chi connectivity index (χ1n) is 9.49. The van der Waals surface area contributed by atoms with Gasteiger partial charge in [0.05, 0.1) is 4.92 Å².